The van der Waals surface area contributed by atoms with Crippen molar-refractivity contribution in [3.63, 3.8) is 0 Å². The number of nitrogens with two attached hydrogens (primary N) is 1. The Morgan fingerprint density at radius 3 is 2.52 bits per heavy atom. The zero-order chi connectivity index (χ0) is 15.5. The summed E-state index contributed by atoms with van der Waals surface area (Å²) < 4.78 is 40.4. The largest absolute Gasteiger partial charge is 0.326 e. The fourth-order valence-corrected chi connectivity index (χ4v) is 3.30. The van der Waals surface area contributed by atoms with Crippen LogP contribution in [-0.2, 0) is 23.1 Å². The monoisotopic (exact) mass is 328 g/mol. The normalized spacial score (nSPS) is 11.6. The van der Waals surface area contributed by atoms with Crippen LogP contribution in [0.3, 0.4) is 0 Å². The van der Waals surface area contributed by atoms with Gasteiger partial charge in [-0.25, -0.2) is 17.5 Å². The van der Waals surface area contributed by atoms with Crippen LogP contribution in [0.15, 0.2) is 47.4 Å². The summed E-state index contributed by atoms with van der Waals surface area (Å²) in [5.41, 5.74) is 6.29. The summed E-state index contributed by atoms with van der Waals surface area (Å²) in [5, 5.41) is 0.115. The highest BCUT2D eigenvalue weighted by atomic mass is 35.5. The maximum absolute atomic E-state index is 13.8. The molecule has 21 heavy (non-hydrogen) atoms. The van der Waals surface area contributed by atoms with Gasteiger partial charge < -0.3 is 5.73 Å². The number of hydrogen-bond acceptors (Lipinski definition) is 3. The summed E-state index contributed by atoms with van der Waals surface area (Å²) in [6, 6.07) is 10.5. The first-order valence-corrected chi connectivity index (χ1v) is 8.01. The van der Waals surface area contributed by atoms with E-state index in [1.54, 1.807) is 18.2 Å². The summed E-state index contributed by atoms with van der Waals surface area (Å²) in [7, 11) is -3.79. The molecule has 0 atom stereocenters. The molecule has 2 aromatic carbocycles. The predicted molar refractivity (Wildman–Crippen MR) is 79.8 cm³/mol. The van der Waals surface area contributed by atoms with E-state index in [4.69, 9.17) is 17.3 Å². The molecule has 112 valence electrons. The second kappa shape index (κ2) is 6.53. The summed E-state index contributed by atoms with van der Waals surface area (Å²) in [4.78, 5) is -0.0364. The minimum Gasteiger partial charge on any atom is -0.326 e. The number of nitrogens with one attached hydrogen (secondary N) is 1. The Kier molecular flexibility index (Phi) is 4.95. The minimum absolute atomic E-state index is 0.0364. The maximum atomic E-state index is 13.8. The van der Waals surface area contributed by atoms with Gasteiger partial charge in [0.2, 0.25) is 10.0 Å². The molecule has 0 fully saturated rings. The number of sulfonamides is 1. The van der Waals surface area contributed by atoms with Crippen molar-refractivity contribution < 1.29 is 12.8 Å². The van der Waals surface area contributed by atoms with E-state index in [0.29, 0.717) is 5.56 Å². The van der Waals surface area contributed by atoms with Gasteiger partial charge in [-0.1, -0.05) is 35.9 Å². The predicted octanol–water partition coefficient (Wildman–Crippen LogP) is 2.42. The minimum atomic E-state index is -3.79. The zero-order valence-electron chi connectivity index (χ0n) is 11.0. The average molecular weight is 329 g/mol. The van der Waals surface area contributed by atoms with Crippen LogP contribution in [0, 0.1) is 5.82 Å². The van der Waals surface area contributed by atoms with Crippen molar-refractivity contribution >= 4 is 21.6 Å². The third-order valence-corrected chi connectivity index (χ3v) is 4.83. The van der Waals surface area contributed by atoms with Crippen LogP contribution in [0.25, 0.3) is 0 Å². The molecule has 0 spiro atoms. The van der Waals surface area contributed by atoms with Crippen molar-refractivity contribution in [1.29, 1.82) is 0 Å². The van der Waals surface area contributed by atoms with Gasteiger partial charge in [-0.05, 0) is 23.8 Å². The Morgan fingerprint density at radius 1 is 1.19 bits per heavy atom. The van der Waals surface area contributed by atoms with Gasteiger partial charge >= 0.3 is 0 Å². The van der Waals surface area contributed by atoms with Gasteiger partial charge in [-0.3, -0.25) is 0 Å². The fraction of sp³-hybridized carbons (Fsp3) is 0.143. The van der Waals surface area contributed by atoms with Crippen molar-refractivity contribution in [3.05, 3.63) is 64.4 Å². The van der Waals surface area contributed by atoms with Gasteiger partial charge in [0.1, 0.15) is 10.7 Å². The molecule has 0 amide bonds. The van der Waals surface area contributed by atoms with Crippen LogP contribution in [0.2, 0.25) is 5.02 Å². The van der Waals surface area contributed by atoms with E-state index in [2.05, 4.69) is 4.72 Å². The molecule has 0 heterocycles. The molecule has 0 bridgehead atoms. The quantitative estimate of drug-likeness (QED) is 0.885. The summed E-state index contributed by atoms with van der Waals surface area (Å²) >= 11 is 5.85. The van der Waals surface area contributed by atoms with Gasteiger partial charge in [0, 0.05) is 18.7 Å². The molecule has 0 radical (unpaired) electrons. The van der Waals surface area contributed by atoms with Crippen LogP contribution in [-0.4, -0.2) is 8.42 Å². The van der Waals surface area contributed by atoms with Crippen LogP contribution in [0.5, 0.6) is 0 Å². The molecule has 2 aromatic rings. The van der Waals surface area contributed by atoms with E-state index in [9.17, 15) is 12.8 Å². The lowest BCUT2D eigenvalue weighted by Crippen LogP contribution is -2.24. The molecule has 0 unspecified atom stereocenters. The molecular weight excluding hydrogens is 315 g/mol. The number of benzene rings is 2. The molecule has 0 aliphatic heterocycles. The molecule has 7 heteroatoms. The third-order valence-electron chi connectivity index (χ3n) is 2.93. The maximum Gasteiger partial charge on any atom is 0.242 e. The molecule has 0 aliphatic rings. The zero-order valence-corrected chi connectivity index (χ0v) is 12.6. The Morgan fingerprint density at radius 2 is 1.90 bits per heavy atom. The Hall–Kier alpha value is -1.47. The van der Waals surface area contributed by atoms with E-state index < -0.39 is 15.8 Å². The highest BCUT2D eigenvalue weighted by molar-refractivity contribution is 7.89. The SMILES string of the molecule is NCc1ccc(CNS(=O)(=O)c2ccccc2Cl)c(F)c1. The lowest BCUT2D eigenvalue weighted by atomic mass is 10.1. The van der Waals surface area contributed by atoms with Crippen LogP contribution < -0.4 is 10.5 Å². The second-order valence-electron chi connectivity index (χ2n) is 4.38. The lowest BCUT2D eigenvalue weighted by Gasteiger charge is -2.09. The number of halogens is 2. The van der Waals surface area contributed by atoms with E-state index in [1.165, 1.54) is 24.3 Å². The van der Waals surface area contributed by atoms with Crippen LogP contribution in [0.1, 0.15) is 11.1 Å². The fourth-order valence-electron chi connectivity index (χ4n) is 1.77. The van der Waals surface area contributed by atoms with E-state index >= 15 is 0 Å². The van der Waals surface area contributed by atoms with Gasteiger partial charge in [-0.15, -0.1) is 0 Å². The van der Waals surface area contributed by atoms with Crippen molar-refractivity contribution in [3.8, 4) is 0 Å². The molecule has 0 aromatic heterocycles. The van der Waals surface area contributed by atoms with Crippen molar-refractivity contribution in [2.75, 3.05) is 0 Å². The molecule has 0 aliphatic carbocycles. The Labute approximate surface area is 127 Å². The molecule has 0 saturated heterocycles. The first-order chi connectivity index (χ1) is 9.94. The standard InChI is InChI=1S/C14H14ClFN2O2S/c15-12-3-1-2-4-14(12)21(19,20)18-9-11-6-5-10(8-17)7-13(11)16/h1-7,18H,8-9,17H2. The van der Waals surface area contributed by atoms with Crippen molar-refractivity contribution in [1.82, 2.24) is 4.72 Å². The van der Waals surface area contributed by atoms with Gasteiger partial charge in [-0.2, -0.15) is 0 Å². The molecule has 3 N–H and O–H groups in total. The first kappa shape index (κ1) is 15.9. The van der Waals surface area contributed by atoms with Crippen LogP contribution in [0.4, 0.5) is 4.39 Å². The van der Waals surface area contributed by atoms with Gasteiger partial charge in [0.25, 0.3) is 0 Å². The summed E-state index contributed by atoms with van der Waals surface area (Å²) in [5.74, 6) is -0.500. The highest BCUT2D eigenvalue weighted by Crippen LogP contribution is 2.20. The number of rotatable bonds is 5. The van der Waals surface area contributed by atoms with Crippen LogP contribution >= 0.6 is 11.6 Å². The average Bonchev–Trinajstić information content (AvgIpc) is 2.46. The highest BCUT2D eigenvalue weighted by Gasteiger charge is 2.17. The molecular formula is C14H14ClFN2O2S. The summed E-state index contributed by atoms with van der Waals surface area (Å²) in [6.07, 6.45) is 0. The Balaban J connectivity index is 2.18. The van der Waals surface area contributed by atoms with E-state index in [-0.39, 0.29) is 28.6 Å². The molecule has 4 nitrogen and oxygen atoms in total. The Bertz CT molecular complexity index is 750. The van der Waals surface area contributed by atoms with E-state index in [0.717, 1.165) is 0 Å². The van der Waals surface area contributed by atoms with Crippen molar-refractivity contribution in [2.24, 2.45) is 5.73 Å². The molecule has 2 rings (SSSR count). The van der Waals surface area contributed by atoms with Gasteiger partial charge in [0.05, 0.1) is 5.02 Å². The smallest absolute Gasteiger partial charge is 0.242 e. The number of hydrogen-bond donors (Lipinski definition) is 2. The van der Waals surface area contributed by atoms with Gasteiger partial charge in [0.15, 0.2) is 0 Å². The second-order valence-corrected chi connectivity index (χ2v) is 6.53. The van der Waals surface area contributed by atoms with E-state index in [1.807, 2.05) is 0 Å². The first-order valence-electron chi connectivity index (χ1n) is 6.15. The topological polar surface area (TPSA) is 72.2 Å². The third kappa shape index (κ3) is 3.79. The summed E-state index contributed by atoms with van der Waals surface area (Å²) in [6.45, 7) is 0.0623. The lowest BCUT2D eigenvalue weighted by molar-refractivity contribution is 0.574. The van der Waals surface area contributed by atoms with Crippen molar-refractivity contribution in [2.45, 2.75) is 18.0 Å². The molecule has 0 saturated carbocycles.